The normalized spacial score (nSPS) is 20.1. The summed E-state index contributed by atoms with van der Waals surface area (Å²) in [5.74, 6) is 0. The minimum Gasteiger partial charge on any atom is -0.457 e. The molecule has 0 N–H and O–H groups in total. The van der Waals surface area contributed by atoms with E-state index >= 15 is 0 Å². The largest absolute Gasteiger partial charge is 0.457 e. The van der Waals surface area contributed by atoms with Crippen molar-refractivity contribution in [1.82, 2.24) is 4.90 Å². The Bertz CT molecular complexity index is 292. The number of rotatable bonds is 2. The third-order valence-corrected chi connectivity index (χ3v) is 3.88. The Balaban J connectivity index is 1.86. The first kappa shape index (κ1) is 10.7. The standard InChI is InChI=1S/C10H13Br2NO/c11-9-1-3-13(4-2-9)6-8-5-10(12)14-7-8/h5,7,9H,1-4,6H2. The molecule has 1 aromatic rings. The Morgan fingerprint density at radius 1 is 1.43 bits per heavy atom. The van der Waals surface area contributed by atoms with E-state index in [-0.39, 0.29) is 0 Å². The fourth-order valence-electron chi connectivity index (χ4n) is 1.75. The quantitative estimate of drug-likeness (QED) is 0.776. The molecule has 4 heteroatoms. The van der Waals surface area contributed by atoms with E-state index in [4.69, 9.17) is 4.42 Å². The van der Waals surface area contributed by atoms with Crippen molar-refractivity contribution in [2.24, 2.45) is 0 Å². The van der Waals surface area contributed by atoms with Gasteiger partial charge in [-0.2, -0.15) is 0 Å². The van der Waals surface area contributed by atoms with Crippen molar-refractivity contribution in [1.29, 1.82) is 0 Å². The zero-order chi connectivity index (χ0) is 9.97. The maximum atomic E-state index is 5.21. The molecule has 78 valence electrons. The lowest BCUT2D eigenvalue weighted by molar-refractivity contribution is 0.225. The first-order chi connectivity index (χ1) is 6.74. The molecule has 1 fully saturated rings. The number of furan rings is 1. The highest BCUT2D eigenvalue weighted by Crippen LogP contribution is 2.21. The van der Waals surface area contributed by atoms with Gasteiger partial charge in [-0.15, -0.1) is 0 Å². The highest BCUT2D eigenvalue weighted by molar-refractivity contribution is 9.10. The summed E-state index contributed by atoms with van der Waals surface area (Å²) in [6.07, 6.45) is 4.32. The molecule has 0 bridgehead atoms. The summed E-state index contributed by atoms with van der Waals surface area (Å²) in [5.41, 5.74) is 1.25. The number of halogens is 2. The fourth-order valence-corrected chi connectivity index (χ4v) is 2.54. The van der Waals surface area contributed by atoms with Gasteiger partial charge in [-0.1, -0.05) is 15.9 Å². The second-order valence-electron chi connectivity index (χ2n) is 3.71. The summed E-state index contributed by atoms with van der Waals surface area (Å²) in [5, 5.41) is 0. The van der Waals surface area contributed by atoms with Crippen molar-refractivity contribution in [3.05, 3.63) is 22.6 Å². The zero-order valence-corrected chi connectivity index (χ0v) is 11.1. The van der Waals surface area contributed by atoms with Crippen molar-refractivity contribution >= 4 is 31.9 Å². The lowest BCUT2D eigenvalue weighted by Gasteiger charge is -2.28. The number of nitrogens with zero attached hydrogens (tertiary/aromatic N) is 1. The van der Waals surface area contributed by atoms with Gasteiger partial charge in [0.05, 0.1) is 6.26 Å². The predicted octanol–water partition coefficient (Wildman–Crippen LogP) is 3.40. The number of likely N-dealkylation sites (tertiary alicyclic amines) is 1. The first-order valence-electron chi connectivity index (χ1n) is 4.83. The van der Waals surface area contributed by atoms with Crippen LogP contribution in [0, 0.1) is 0 Å². The van der Waals surface area contributed by atoms with Crippen molar-refractivity contribution in [3.63, 3.8) is 0 Å². The SMILES string of the molecule is Brc1cc(CN2CCC(Br)CC2)co1. The monoisotopic (exact) mass is 321 g/mol. The molecule has 0 spiro atoms. The van der Waals surface area contributed by atoms with Gasteiger partial charge >= 0.3 is 0 Å². The van der Waals surface area contributed by atoms with Gasteiger partial charge in [-0.3, -0.25) is 4.90 Å². The van der Waals surface area contributed by atoms with E-state index in [0.717, 1.165) is 16.0 Å². The first-order valence-corrected chi connectivity index (χ1v) is 6.54. The minimum absolute atomic E-state index is 0.717. The average molecular weight is 323 g/mol. The summed E-state index contributed by atoms with van der Waals surface area (Å²) in [4.78, 5) is 3.18. The second kappa shape index (κ2) is 4.81. The van der Waals surface area contributed by atoms with E-state index in [9.17, 15) is 0 Å². The van der Waals surface area contributed by atoms with E-state index < -0.39 is 0 Å². The zero-order valence-electron chi connectivity index (χ0n) is 7.88. The molecule has 1 aromatic heterocycles. The summed E-state index contributed by atoms with van der Waals surface area (Å²) in [7, 11) is 0. The van der Waals surface area contributed by atoms with Crippen LogP contribution >= 0.6 is 31.9 Å². The van der Waals surface area contributed by atoms with E-state index in [2.05, 4.69) is 36.8 Å². The van der Waals surface area contributed by atoms with Gasteiger partial charge in [0.1, 0.15) is 0 Å². The molecule has 1 saturated heterocycles. The Morgan fingerprint density at radius 3 is 2.71 bits per heavy atom. The van der Waals surface area contributed by atoms with E-state index in [1.165, 1.54) is 31.5 Å². The Hall–Kier alpha value is 0.200. The smallest absolute Gasteiger partial charge is 0.169 e. The summed E-state index contributed by atoms with van der Waals surface area (Å²) in [6, 6.07) is 2.04. The van der Waals surface area contributed by atoms with Crippen LogP contribution in [0.5, 0.6) is 0 Å². The molecule has 2 nitrogen and oxygen atoms in total. The lowest BCUT2D eigenvalue weighted by atomic mass is 10.1. The van der Waals surface area contributed by atoms with Crippen molar-refractivity contribution in [3.8, 4) is 0 Å². The van der Waals surface area contributed by atoms with Crippen molar-refractivity contribution in [2.45, 2.75) is 24.2 Å². The molecule has 1 aliphatic rings. The molecule has 2 heterocycles. The molecule has 0 aromatic carbocycles. The number of hydrogen-bond donors (Lipinski definition) is 0. The van der Waals surface area contributed by atoms with Crippen LogP contribution in [0.4, 0.5) is 0 Å². The third-order valence-electron chi connectivity index (χ3n) is 2.55. The molecule has 0 aliphatic carbocycles. The highest BCUT2D eigenvalue weighted by Gasteiger charge is 2.17. The number of piperidine rings is 1. The maximum absolute atomic E-state index is 5.21. The van der Waals surface area contributed by atoms with Crippen molar-refractivity contribution in [2.75, 3.05) is 13.1 Å². The molecule has 0 radical (unpaired) electrons. The summed E-state index contributed by atoms with van der Waals surface area (Å²) in [6.45, 7) is 3.37. The van der Waals surface area contributed by atoms with E-state index in [1.54, 1.807) is 0 Å². The van der Waals surface area contributed by atoms with E-state index in [1.807, 2.05) is 12.3 Å². The molecule has 0 amide bonds. The van der Waals surface area contributed by atoms with Gasteiger partial charge in [0.2, 0.25) is 0 Å². The van der Waals surface area contributed by atoms with Gasteiger partial charge in [-0.05, 0) is 47.9 Å². The van der Waals surface area contributed by atoms with Crippen LogP contribution < -0.4 is 0 Å². The lowest BCUT2D eigenvalue weighted by Crippen LogP contribution is -2.33. The molecule has 2 rings (SSSR count). The van der Waals surface area contributed by atoms with Crippen LogP contribution in [0.3, 0.4) is 0 Å². The van der Waals surface area contributed by atoms with Gasteiger partial charge in [0, 0.05) is 16.9 Å². The molecular formula is C10H13Br2NO. The maximum Gasteiger partial charge on any atom is 0.169 e. The summed E-state index contributed by atoms with van der Waals surface area (Å²) < 4.78 is 6.03. The number of alkyl halides is 1. The van der Waals surface area contributed by atoms with Crippen LogP contribution in [0.1, 0.15) is 18.4 Å². The predicted molar refractivity (Wildman–Crippen MR) is 63.6 cm³/mol. The highest BCUT2D eigenvalue weighted by atomic mass is 79.9. The van der Waals surface area contributed by atoms with Gasteiger partial charge < -0.3 is 4.42 Å². The molecule has 0 unspecified atom stereocenters. The third kappa shape index (κ3) is 2.84. The van der Waals surface area contributed by atoms with Gasteiger partial charge in [-0.25, -0.2) is 0 Å². The van der Waals surface area contributed by atoms with Crippen LogP contribution in [0.15, 0.2) is 21.4 Å². The van der Waals surface area contributed by atoms with Crippen molar-refractivity contribution < 1.29 is 4.42 Å². The Morgan fingerprint density at radius 2 is 2.14 bits per heavy atom. The Kier molecular flexibility index (Phi) is 3.68. The molecule has 0 saturated carbocycles. The summed E-state index contributed by atoms with van der Waals surface area (Å²) >= 11 is 6.97. The average Bonchev–Trinajstić information content (AvgIpc) is 2.56. The Labute approximate surface area is 101 Å². The molecular weight excluding hydrogens is 310 g/mol. The topological polar surface area (TPSA) is 16.4 Å². The second-order valence-corrected chi connectivity index (χ2v) is 5.79. The molecule has 14 heavy (non-hydrogen) atoms. The van der Waals surface area contributed by atoms with Crippen LogP contribution in [-0.4, -0.2) is 22.8 Å². The molecule has 1 aliphatic heterocycles. The van der Waals surface area contributed by atoms with Crippen LogP contribution in [-0.2, 0) is 6.54 Å². The van der Waals surface area contributed by atoms with E-state index in [0.29, 0.717) is 0 Å². The fraction of sp³-hybridized carbons (Fsp3) is 0.600. The van der Waals surface area contributed by atoms with Gasteiger partial charge in [0.15, 0.2) is 4.67 Å². The molecule has 0 atom stereocenters. The van der Waals surface area contributed by atoms with Crippen LogP contribution in [0.2, 0.25) is 0 Å². The van der Waals surface area contributed by atoms with Gasteiger partial charge in [0.25, 0.3) is 0 Å². The minimum atomic E-state index is 0.717. The van der Waals surface area contributed by atoms with Crippen LogP contribution in [0.25, 0.3) is 0 Å². The number of hydrogen-bond acceptors (Lipinski definition) is 2.